The van der Waals surface area contributed by atoms with Crippen molar-refractivity contribution in [2.45, 2.75) is 6.92 Å². The molecule has 0 spiro atoms. The Balaban J connectivity index is 2.34. The Labute approximate surface area is 124 Å². The van der Waals surface area contributed by atoms with E-state index in [1.54, 1.807) is 12.1 Å². The Hall–Kier alpha value is -1.96. The molecule has 0 radical (unpaired) electrons. The molecule has 1 aromatic carbocycles. The number of anilines is 1. The van der Waals surface area contributed by atoms with Crippen molar-refractivity contribution in [3.8, 4) is 0 Å². The lowest BCUT2D eigenvalue weighted by Gasteiger charge is -2.26. The number of amides is 1. The third kappa shape index (κ3) is 3.38. The average Bonchev–Trinajstić information content (AvgIpc) is 2.47. The van der Waals surface area contributed by atoms with Crippen LogP contribution in [0.2, 0.25) is 0 Å². The highest BCUT2D eigenvalue weighted by Crippen LogP contribution is 2.29. The van der Waals surface area contributed by atoms with Gasteiger partial charge in [-0.05, 0) is 19.1 Å². The summed E-state index contributed by atoms with van der Waals surface area (Å²) in [6.07, 6.45) is 0. The first-order chi connectivity index (χ1) is 10.0. The number of nitro groups is 1. The fraction of sp³-hybridized carbons (Fsp3) is 0.462. The number of nitrogens with one attached hydrogen (secondary N) is 1. The molecule has 1 aromatic rings. The number of carbonyl (C=O) groups excluding carboxylic acids is 1. The second-order valence-electron chi connectivity index (χ2n) is 4.63. The summed E-state index contributed by atoms with van der Waals surface area (Å²) >= 11 is 0. The molecule has 1 amide bonds. The summed E-state index contributed by atoms with van der Waals surface area (Å²) in [5, 5.41) is 14.2. The van der Waals surface area contributed by atoms with Crippen molar-refractivity contribution < 1.29 is 13.9 Å². The van der Waals surface area contributed by atoms with Crippen LogP contribution in [0.25, 0.3) is 0 Å². The predicted octanol–water partition coefficient (Wildman–Crippen LogP) is 1.23. The molecule has 114 valence electrons. The molecule has 21 heavy (non-hydrogen) atoms. The Morgan fingerprint density at radius 2 is 2.10 bits per heavy atom. The zero-order valence-electron chi connectivity index (χ0n) is 11.7. The van der Waals surface area contributed by atoms with Crippen LogP contribution in [-0.4, -0.2) is 51.1 Å². The first kappa shape index (κ1) is 15.4. The molecule has 1 aliphatic rings. The predicted molar refractivity (Wildman–Crippen MR) is 81.0 cm³/mol. The first-order valence-corrected chi connectivity index (χ1v) is 8.19. The van der Waals surface area contributed by atoms with Crippen molar-refractivity contribution in [1.29, 1.82) is 0 Å². The summed E-state index contributed by atoms with van der Waals surface area (Å²) in [5.74, 6) is 0.469. The zero-order chi connectivity index (χ0) is 15.4. The largest absolute Gasteiger partial charge is 0.380 e. The molecule has 0 atom stereocenters. The van der Waals surface area contributed by atoms with Gasteiger partial charge >= 0.3 is 5.69 Å². The summed E-state index contributed by atoms with van der Waals surface area (Å²) in [4.78, 5) is 24.8. The highest BCUT2D eigenvalue weighted by molar-refractivity contribution is 7.85. The smallest absolute Gasteiger partial charge is 0.305 e. The zero-order valence-corrected chi connectivity index (χ0v) is 12.5. The van der Waals surface area contributed by atoms with Crippen molar-refractivity contribution in [3.05, 3.63) is 33.9 Å². The standard InChI is InChI=1S/C13H17N3O4S/c1-2-14-11-5-3-4-10(12(11)16(18)19)13(17)15-6-8-21(20)9-7-15/h3-5,14H,2,6-9H2,1H3. The average molecular weight is 311 g/mol. The van der Waals surface area contributed by atoms with Crippen molar-refractivity contribution >= 4 is 28.1 Å². The number of nitro benzene ring substituents is 1. The van der Waals surface area contributed by atoms with Crippen LogP contribution in [0, 0.1) is 10.1 Å². The van der Waals surface area contributed by atoms with E-state index in [0.717, 1.165) is 0 Å². The van der Waals surface area contributed by atoms with Gasteiger partial charge in [0.15, 0.2) is 0 Å². The maximum Gasteiger partial charge on any atom is 0.305 e. The lowest BCUT2D eigenvalue weighted by molar-refractivity contribution is -0.384. The van der Waals surface area contributed by atoms with Crippen LogP contribution >= 0.6 is 0 Å². The molecule has 0 aromatic heterocycles. The third-order valence-corrected chi connectivity index (χ3v) is 4.56. The summed E-state index contributed by atoms with van der Waals surface area (Å²) in [6, 6.07) is 4.68. The van der Waals surface area contributed by atoms with Gasteiger partial charge in [0, 0.05) is 41.9 Å². The number of rotatable bonds is 4. The van der Waals surface area contributed by atoms with Crippen molar-refractivity contribution in [1.82, 2.24) is 4.90 Å². The second-order valence-corrected chi connectivity index (χ2v) is 6.33. The molecule has 0 aliphatic carbocycles. The van der Waals surface area contributed by atoms with E-state index in [1.807, 2.05) is 6.92 Å². The molecule has 1 fully saturated rings. The molecule has 8 heteroatoms. The van der Waals surface area contributed by atoms with Crippen molar-refractivity contribution in [3.63, 3.8) is 0 Å². The number of hydrogen-bond acceptors (Lipinski definition) is 5. The Morgan fingerprint density at radius 1 is 1.43 bits per heavy atom. The van der Waals surface area contributed by atoms with E-state index in [4.69, 9.17) is 0 Å². The van der Waals surface area contributed by atoms with Crippen LogP contribution in [0.1, 0.15) is 17.3 Å². The summed E-state index contributed by atoms with van der Waals surface area (Å²) in [6.45, 7) is 3.10. The molecule has 1 saturated heterocycles. The number of carbonyl (C=O) groups is 1. The van der Waals surface area contributed by atoms with Crippen LogP contribution in [-0.2, 0) is 10.8 Å². The van der Waals surface area contributed by atoms with Gasteiger partial charge in [-0.2, -0.15) is 0 Å². The van der Waals surface area contributed by atoms with E-state index < -0.39 is 15.7 Å². The quantitative estimate of drug-likeness (QED) is 0.667. The Bertz CT molecular complexity index is 581. The van der Waals surface area contributed by atoms with Gasteiger partial charge in [-0.3, -0.25) is 19.1 Å². The van der Waals surface area contributed by atoms with E-state index in [9.17, 15) is 19.1 Å². The van der Waals surface area contributed by atoms with Gasteiger partial charge < -0.3 is 10.2 Å². The monoisotopic (exact) mass is 311 g/mol. The van der Waals surface area contributed by atoms with Crippen LogP contribution in [0.15, 0.2) is 18.2 Å². The van der Waals surface area contributed by atoms with Crippen LogP contribution in [0.3, 0.4) is 0 Å². The number of hydrogen-bond donors (Lipinski definition) is 1. The third-order valence-electron chi connectivity index (χ3n) is 3.28. The van der Waals surface area contributed by atoms with Gasteiger partial charge in [0.1, 0.15) is 11.3 Å². The van der Waals surface area contributed by atoms with Gasteiger partial charge in [-0.25, -0.2) is 0 Å². The maximum atomic E-state index is 12.5. The van der Waals surface area contributed by atoms with E-state index in [2.05, 4.69) is 5.32 Å². The number of nitrogens with zero attached hydrogens (tertiary/aromatic N) is 2. The number of para-hydroxylation sites is 1. The normalized spacial score (nSPS) is 15.8. The molecule has 0 unspecified atom stereocenters. The van der Waals surface area contributed by atoms with Crippen LogP contribution in [0.5, 0.6) is 0 Å². The Kier molecular flexibility index (Phi) is 4.89. The Morgan fingerprint density at radius 3 is 2.67 bits per heavy atom. The van der Waals surface area contributed by atoms with Gasteiger partial charge in [0.05, 0.1) is 4.92 Å². The topological polar surface area (TPSA) is 92.6 Å². The van der Waals surface area contributed by atoms with Crippen molar-refractivity contribution in [2.75, 3.05) is 36.5 Å². The summed E-state index contributed by atoms with van der Waals surface area (Å²) < 4.78 is 11.3. The lowest BCUT2D eigenvalue weighted by atomic mass is 10.1. The second kappa shape index (κ2) is 6.66. The molecule has 7 nitrogen and oxygen atoms in total. The molecular weight excluding hydrogens is 294 g/mol. The highest BCUT2D eigenvalue weighted by atomic mass is 32.2. The fourth-order valence-electron chi connectivity index (χ4n) is 2.26. The molecule has 1 heterocycles. The van der Waals surface area contributed by atoms with Gasteiger partial charge in [-0.1, -0.05) is 6.07 Å². The first-order valence-electron chi connectivity index (χ1n) is 6.70. The van der Waals surface area contributed by atoms with Crippen molar-refractivity contribution in [2.24, 2.45) is 0 Å². The van der Waals surface area contributed by atoms with Gasteiger partial charge in [0.2, 0.25) is 0 Å². The summed E-state index contributed by atoms with van der Waals surface area (Å²) in [5.41, 5.74) is 0.219. The van der Waals surface area contributed by atoms with E-state index >= 15 is 0 Å². The highest BCUT2D eigenvalue weighted by Gasteiger charge is 2.29. The fourth-order valence-corrected chi connectivity index (χ4v) is 3.31. The van der Waals surface area contributed by atoms with E-state index in [0.29, 0.717) is 36.8 Å². The van der Waals surface area contributed by atoms with Crippen LogP contribution in [0.4, 0.5) is 11.4 Å². The molecule has 2 rings (SSSR count). The van der Waals surface area contributed by atoms with E-state index in [1.165, 1.54) is 11.0 Å². The summed E-state index contributed by atoms with van der Waals surface area (Å²) in [7, 11) is -0.896. The minimum absolute atomic E-state index is 0.0751. The molecular formula is C13H17N3O4S. The minimum Gasteiger partial charge on any atom is -0.380 e. The van der Waals surface area contributed by atoms with Gasteiger partial charge in [-0.15, -0.1) is 0 Å². The molecule has 1 aliphatic heterocycles. The lowest BCUT2D eigenvalue weighted by Crippen LogP contribution is -2.42. The minimum atomic E-state index is -0.896. The molecule has 1 N–H and O–H groups in total. The molecule has 0 bridgehead atoms. The van der Waals surface area contributed by atoms with Crippen LogP contribution < -0.4 is 5.32 Å². The van der Waals surface area contributed by atoms with E-state index in [-0.39, 0.29) is 17.2 Å². The molecule has 0 saturated carbocycles. The SMILES string of the molecule is CCNc1cccc(C(=O)N2CCS(=O)CC2)c1[N+](=O)[O-]. The van der Waals surface area contributed by atoms with Gasteiger partial charge in [0.25, 0.3) is 5.91 Å². The maximum absolute atomic E-state index is 12.5. The number of benzene rings is 1.